The van der Waals surface area contributed by atoms with E-state index in [0.29, 0.717) is 41.0 Å². The van der Waals surface area contributed by atoms with Crippen molar-refractivity contribution < 1.29 is 23.8 Å². The molecule has 0 aliphatic rings. The highest BCUT2D eigenvalue weighted by molar-refractivity contribution is 7.53. The van der Waals surface area contributed by atoms with Gasteiger partial charge in [-0.3, -0.25) is 4.98 Å². The maximum absolute atomic E-state index is 12.6. The van der Waals surface area contributed by atoms with Gasteiger partial charge in [0.15, 0.2) is 11.5 Å². The van der Waals surface area contributed by atoms with Gasteiger partial charge in [0, 0.05) is 29.1 Å². The number of aromatic hydroxyl groups is 1. The number of hydrogen-bond acceptors (Lipinski definition) is 6. The van der Waals surface area contributed by atoms with Gasteiger partial charge in [-0.2, -0.15) is 0 Å². The minimum Gasteiger partial charge on any atom is -0.504 e. The second-order valence-electron chi connectivity index (χ2n) is 5.81. The first-order valence-corrected chi connectivity index (χ1v) is 10.2. The summed E-state index contributed by atoms with van der Waals surface area (Å²) in [6, 6.07) is 3.47. The zero-order valence-corrected chi connectivity index (χ0v) is 16.3. The molecular formula is C18H25N2O5P. The molecular weight excluding hydrogens is 355 g/mol. The normalized spacial score (nSPS) is 13.1. The highest BCUT2D eigenvalue weighted by Crippen LogP contribution is 2.50. The van der Waals surface area contributed by atoms with Crippen LogP contribution in [0, 0.1) is 6.92 Å². The number of hydrogen-bond donors (Lipinski definition) is 3. The molecule has 8 heteroatoms. The lowest BCUT2D eigenvalue weighted by Gasteiger charge is -2.23. The standard InChI is InChI=1S/C18H25N2O5P/c1-5-14-12(3)16(21)18(24-4)15(6-2)17(14)25-26(22,23)11-20-13-8-7-9-19-10-13/h7-10,20-21H,5-6,11H2,1-4H3,(H,22,23). The molecule has 1 aromatic heterocycles. The highest BCUT2D eigenvalue weighted by atomic mass is 31.2. The number of phenolic OH excluding ortho intramolecular Hbond substituents is 1. The summed E-state index contributed by atoms with van der Waals surface area (Å²) in [5, 5.41) is 13.2. The van der Waals surface area contributed by atoms with Crippen LogP contribution < -0.4 is 14.6 Å². The third kappa shape index (κ3) is 4.29. The quantitative estimate of drug-likeness (QED) is 0.598. The summed E-state index contributed by atoms with van der Waals surface area (Å²) in [4.78, 5) is 14.3. The number of nitrogens with zero attached hydrogens (tertiary/aromatic N) is 1. The molecule has 0 fully saturated rings. The summed E-state index contributed by atoms with van der Waals surface area (Å²) in [6.45, 7) is 5.50. The fourth-order valence-corrected chi connectivity index (χ4v) is 3.77. The second-order valence-corrected chi connectivity index (χ2v) is 7.58. The average molecular weight is 380 g/mol. The molecule has 1 atom stereocenters. The third-order valence-electron chi connectivity index (χ3n) is 4.13. The number of nitrogens with one attached hydrogen (secondary N) is 1. The summed E-state index contributed by atoms with van der Waals surface area (Å²) < 4.78 is 23.5. The number of ether oxygens (including phenoxy) is 1. The van der Waals surface area contributed by atoms with Gasteiger partial charge >= 0.3 is 7.60 Å². The summed E-state index contributed by atoms with van der Waals surface area (Å²) in [6.07, 6.45) is 3.93. The predicted octanol–water partition coefficient (Wildman–Crippen LogP) is 3.86. The summed E-state index contributed by atoms with van der Waals surface area (Å²) in [5.41, 5.74) is 2.46. The molecule has 7 nitrogen and oxygen atoms in total. The van der Waals surface area contributed by atoms with Gasteiger partial charge < -0.3 is 24.6 Å². The Morgan fingerprint density at radius 3 is 2.46 bits per heavy atom. The number of anilines is 1. The molecule has 0 spiro atoms. The molecule has 1 heterocycles. The smallest absolute Gasteiger partial charge is 0.395 e. The molecule has 3 N–H and O–H groups in total. The van der Waals surface area contributed by atoms with Gasteiger partial charge in [0.1, 0.15) is 12.0 Å². The Hall–Kier alpha value is -2.24. The van der Waals surface area contributed by atoms with Crippen LogP contribution in [-0.4, -0.2) is 28.4 Å². The van der Waals surface area contributed by atoms with Gasteiger partial charge in [0.25, 0.3) is 0 Å². The molecule has 26 heavy (non-hydrogen) atoms. The molecule has 142 valence electrons. The van der Waals surface area contributed by atoms with Crippen molar-refractivity contribution in [1.29, 1.82) is 0 Å². The topological polar surface area (TPSA) is 101 Å². The predicted molar refractivity (Wildman–Crippen MR) is 101 cm³/mol. The lowest BCUT2D eigenvalue weighted by Crippen LogP contribution is -2.10. The average Bonchev–Trinajstić information content (AvgIpc) is 2.63. The van der Waals surface area contributed by atoms with Crippen LogP contribution in [0.5, 0.6) is 17.2 Å². The largest absolute Gasteiger partial charge is 0.504 e. The van der Waals surface area contributed by atoms with Crippen LogP contribution in [0.4, 0.5) is 5.69 Å². The first kappa shape index (κ1) is 20.1. The van der Waals surface area contributed by atoms with Crippen molar-refractivity contribution in [2.24, 2.45) is 0 Å². The molecule has 0 amide bonds. The van der Waals surface area contributed by atoms with E-state index in [9.17, 15) is 14.6 Å². The number of aromatic nitrogens is 1. The molecule has 0 aliphatic carbocycles. The van der Waals surface area contributed by atoms with Crippen molar-refractivity contribution >= 4 is 13.3 Å². The van der Waals surface area contributed by atoms with Crippen LogP contribution in [-0.2, 0) is 17.4 Å². The van der Waals surface area contributed by atoms with E-state index in [1.54, 1.807) is 31.5 Å². The van der Waals surface area contributed by atoms with Crippen molar-refractivity contribution in [1.82, 2.24) is 4.98 Å². The van der Waals surface area contributed by atoms with Gasteiger partial charge in [-0.25, -0.2) is 4.57 Å². The number of methoxy groups -OCH3 is 1. The van der Waals surface area contributed by atoms with Gasteiger partial charge in [-0.15, -0.1) is 0 Å². The van der Waals surface area contributed by atoms with Crippen LogP contribution in [0.2, 0.25) is 0 Å². The molecule has 0 aliphatic heterocycles. The van der Waals surface area contributed by atoms with Crippen LogP contribution in [0.15, 0.2) is 24.5 Å². The lowest BCUT2D eigenvalue weighted by atomic mass is 9.97. The van der Waals surface area contributed by atoms with Crippen LogP contribution in [0.3, 0.4) is 0 Å². The zero-order valence-electron chi connectivity index (χ0n) is 15.4. The van der Waals surface area contributed by atoms with Crippen molar-refractivity contribution in [2.75, 3.05) is 18.7 Å². The molecule has 0 radical (unpaired) electrons. The van der Waals surface area contributed by atoms with Crippen molar-refractivity contribution in [2.45, 2.75) is 33.6 Å². The molecule has 1 aromatic carbocycles. The Kier molecular flexibility index (Phi) is 6.51. The summed E-state index contributed by atoms with van der Waals surface area (Å²) in [5.74, 6) is 0.619. The van der Waals surface area contributed by atoms with Crippen molar-refractivity contribution in [3.05, 3.63) is 41.2 Å². The first-order valence-electron chi connectivity index (χ1n) is 8.41. The van der Waals surface area contributed by atoms with Gasteiger partial charge in [0.05, 0.1) is 12.8 Å². The van der Waals surface area contributed by atoms with E-state index in [2.05, 4.69) is 10.3 Å². The molecule has 0 saturated heterocycles. The number of phenols is 1. The molecule has 2 rings (SSSR count). The fraction of sp³-hybridized carbons (Fsp3) is 0.389. The molecule has 0 saturated carbocycles. The molecule has 1 unspecified atom stereocenters. The van der Waals surface area contributed by atoms with E-state index in [4.69, 9.17) is 9.26 Å². The SMILES string of the molecule is CCc1c(C)c(O)c(OC)c(CC)c1OP(=O)(O)CNc1cccnc1. The Labute approximate surface area is 153 Å². The van der Waals surface area contributed by atoms with Gasteiger partial charge in [-0.05, 0) is 31.9 Å². The first-order chi connectivity index (χ1) is 12.3. The maximum atomic E-state index is 12.6. The fourth-order valence-electron chi connectivity index (χ4n) is 2.82. The second kappa shape index (κ2) is 8.43. The third-order valence-corrected chi connectivity index (χ3v) is 5.16. The summed E-state index contributed by atoms with van der Waals surface area (Å²) >= 11 is 0. The Morgan fingerprint density at radius 1 is 1.23 bits per heavy atom. The Balaban J connectivity index is 2.37. The number of rotatable bonds is 8. The van der Waals surface area contributed by atoms with Crippen LogP contribution in [0.1, 0.15) is 30.5 Å². The van der Waals surface area contributed by atoms with Gasteiger partial charge in [-0.1, -0.05) is 13.8 Å². The van der Waals surface area contributed by atoms with E-state index in [-0.39, 0.29) is 17.8 Å². The zero-order chi connectivity index (χ0) is 19.3. The van der Waals surface area contributed by atoms with Crippen molar-refractivity contribution in [3.63, 3.8) is 0 Å². The monoisotopic (exact) mass is 380 g/mol. The van der Waals surface area contributed by atoms with E-state index in [1.165, 1.54) is 7.11 Å². The lowest BCUT2D eigenvalue weighted by molar-refractivity contribution is 0.355. The van der Waals surface area contributed by atoms with Crippen LogP contribution in [0.25, 0.3) is 0 Å². The van der Waals surface area contributed by atoms with E-state index >= 15 is 0 Å². The van der Waals surface area contributed by atoms with E-state index in [0.717, 1.165) is 0 Å². The van der Waals surface area contributed by atoms with Gasteiger partial charge in [0.2, 0.25) is 0 Å². The molecule has 2 aromatic rings. The van der Waals surface area contributed by atoms with E-state index in [1.807, 2.05) is 13.8 Å². The van der Waals surface area contributed by atoms with Crippen molar-refractivity contribution in [3.8, 4) is 17.2 Å². The minimum atomic E-state index is -4.00. The highest BCUT2D eigenvalue weighted by Gasteiger charge is 2.28. The summed E-state index contributed by atoms with van der Waals surface area (Å²) in [7, 11) is -2.55. The maximum Gasteiger partial charge on any atom is 0.395 e. The van der Waals surface area contributed by atoms with E-state index < -0.39 is 7.60 Å². The molecule has 0 bridgehead atoms. The van der Waals surface area contributed by atoms with Crippen LogP contribution >= 0.6 is 7.60 Å². The minimum absolute atomic E-state index is 0.0369. The number of benzene rings is 1. The Bertz CT molecular complexity index is 811. The Morgan fingerprint density at radius 2 is 1.92 bits per heavy atom. The number of pyridine rings is 1.